The Kier molecular flexibility index (Phi) is 4.21. The molecule has 1 atom stereocenters. The van der Waals surface area contributed by atoms with E-state index in [1.54, 1.807) is 4.90 Å². The van der Waals surface area contributed by atoms with Gasteiger partial charge in [-0.05, 0) is 30.3 Å². The first kappa shape index (κ1) is 15.4. The van der Waals surface area contributed by atoms with Crippen molar-refractivity contribution in [3.05, 3.63) is 53.6 Å². The first-order valence-electron chi connectivity index (χ1n) is 7.19. The zero-order valence-electron chi connectivity index (χ0n) is 12.2. The Balaban J connectivity index is 1.72. The van der Waals surface area contributed by atoms with Crippen LogP contribution in [0.1, 0.15) is 6.42 Å². The fourth-order valence-electron chi connectivity index (χ4n) is 2.58. The minimum atomic E-state index is -0.471. The molecular weight excluding hydrogens is 316 g/mol. The maximum Gasteiger partial charge on any atom is 0.229 e. The summed E-state index contributed by atoms with van der Waals surface area (Å²) in [7, 11) is 0. The number of nitrogens with zero attached hydrogens (tertiary/aromatic N) is 1. The average Bonchev–Trinajstić information content (AvgIpc) is 2.94. The first-order chi connectivity index (χ1) is 11.0. The van der Waals surface area contributed by atoms with Gasteiger partial charge in [-0.1, -0.05) is 29.8 Å². The lowest BCUT2D eigenvalue weighted by Crippen LogP contribution is -2.28. The van der Waals surface area contributed by atoms with Crippen LogP contribution in [0, 0.1) is 5.92 Å². The van der Waals surface area contributed by atoms with Crippen molar-refractivity contribution in [1.82, 2.24) is 0 Å². The van der Waals surface area contributed by atoms with Crippen molar-refractivity contribution in [1.29, 1.82) is 0 Å². The number of anilines is 2. The largest absolute Gasteiger partial charge is 0.506 e. The molecule has 0 saturated carbocycles. The highest BCUT2D eigenvalue weighted by molar-refractivity contribution is 6.31. The van der Waals surface area contributed by atoms with E-state index < -0.39 is 5.92 Å². The number of halogens is 1. The fraction of sp³-hybridized carbons (Fsp3) is 0.176. The fourth-order valence-corrected chi connectivity index (χ4v) is 2.76. The molecule has 2 amide bonds. The number of benzene rings is 2. The van der Waals surface area contributed by atoms with Crippen LogP contribution >= 0.6 is 11.6 Å². The van der Waals surface area contributed by atoms with E-state index in [1.165, 1.54) is 18.2 Å². The highest BCUT2D eigenvalue weighted by atomic mass is 35.5. The van der Waals surface area contributed by atoms with Crippen LogP contribution in [0.4, 0.5) is 11.4 Å². The van der Waals surface area contributed by atoms with E-state index in [1.807, 2.05) is 30.3 Å². The van der Waals surface area contributed by atoms with Crippen molar-refractivity contribution in [2.24, 2.45) is 5.92 Å². The van der Waals surface area contributed by atoms with Crippen LogP contribution in [0.15, 0.2) is 48.5 Å². The van der Waals surface area contributed by atoms with Gasteiger partial charge in [-0.3, -0.25) is 9.59 Å². The molecule has 1 aliphatic rings. The quantitative estimate of drug-likeness (QED) is 0.850. The number of hydrogen-bond donors (Lipinski definition) is 2. The second-order valence-electron chi connectivity index (χ2n) is 5.39. The molecule has 0 aromatic heterocycles. The minimum Gasteiger partial charge on any atom is -0.506 e. The molecule has 118 valence electrons. The summed E-state index contributed by atoms with van der Waals surface area (Å²) < 4.78 is 0. The third-order valence-electron chi connectivity index (χ3n) is 3.78. The van der Waals surface area contributed by atoms with Gasteiger partial charge in [0.25, 0.3) is 0 Å². The molecule has 1 heterocycles. The van der Waals surface area contributed by atoms with Crippen molar-refractivity contribution in [3.8, 4) is 5.75 Å². The van der Waals surface area contributed by atoms with E-state index in [2.05, 4.69) is 5.32 Å². The monoisotopic (exact) mass is 330 g/mol. The molecule has 1 saturated heterocycles. The van der Waals surface area contributed by atoms with Crippen LogP contribution in [-0.2, 0) is 9.59 Å². The number of amides is 2. The maximum atomic E-state index is 12.4. The van der Waals surface area contributed by atoms with Crippen LogP contribution in [0.25, 0.3) is 0 Å². The number of phenols is 1. The lowest BCUT2D eigenvalue weighted by atomic mass is 10.1. The minimum absolute atomic E-state index is 0.0630. The molecule has 0 radical (unpaired) electrons. The Morgan fingerprint density at radius 2 is 1.96 bits per heavy atom. The first-order valence-corrected chi connectivity index (χ1v) is 7.57. The van der Waals surface area contributed by atoms with E-state index in [4.69, 9.17) is 11.6 Å². The summed E-state index contributed by atoms with van der Waals surface area (Å²) in [6, 6.07) is 13.6. The molecule has 0 unspecified atom stereocenters. The SMILES string of the molecule is O=C(Nc1cc(Cl)ccc1O)[C@H]1CC(=O)N(c2ccccc2)C1. The topological polar surface area (TPSA) is 69.6 Å². The van der Waals surface area contributed by atoms with Gasteiger partial charge in [0.05, 0.1) is 11.6 Å². The molecule has 1 aliphatic heterocycles. The number of rotatable bonds is 3. The summed E-state index contributed by atoms with van der Waals surface area (Å²) in [6.45, 7) is 0.315. The van der Waals surface area contributed by atoms with E-state index in [0.29, 0.717) is 11.6 Å². The van der Waals surface area contributed by atoms with Gasteiger partial charge < -0.3 is 15.3 Å². The van der Waals surface area contributed by atoms with Crippen molar-refractivity contribution in [3.63, 3.8) is 0 Å². The second-order valence-corrected chi connectivity index (χ2v) is 5.83. The van der Waals surface area contributed by atoms with Crippen molar-refractivity contribution < 1.29 is 14.7 Å². The molecule has 6 heteroatoms. The molecule has 2 aromatic rings. The number of carbonyl (C=O) groups excluding carboxylic acids is 2. The summed E-state index contributed by atoms with van der Waals surface area (Å²) in [5.41, 5.74) is 1.02. The number of carbonyl (C=O) groups is 2. The summed E-state index contributed by atoms with van der Waals surface area (Å²) in [5.74, 6) is -0.936. The third-order valence-corrected chi connectivity index (χ3v) is 4.02. The van der Waals surface area contributed by atoms with Crippen LogP contribution < -0.4 is 10.2 Å². The number of para-hydroxylation sites is 1. The average molecular weight is 331 g/mol. The summed E-state index contributed by atoms with van der Waals surface area (Å²) in [5, 5.41) is 12.8. The molecule has 2 N–H and O–H groups in total. The Morgan fingerprint density at radius 3 is 2.70 bits per heavy atom. The van der Waals surface area contributed by atoms with Crippen molar-refractivity contribution in [2.45, 2.75) is 6.42 Å². The molecule has 5 nitrogen and oxygen atoms in total. The van der Waals surface area contributed by atoms with Gasteiger partial charge in [0.15, 0.2) is 0 Å². The van der Waals surface area contributed by atoms with E-state index in [-0.39, 0.29) is 29.7 Å². The predicted octanol–water partition coefficient (Wildman–Crippen LogP) is 3.04. The number of phenolic OH excluding ortho intramolecular Hbond substituents is 1. The molecular formula is C17H15ClN2O3. The van der Waals surface area contributed by atoms with Gasteiger partial charge in [0, 0.05) is 23.7 Å². The highest BCUT2D eigenvalue weighted by Gasteiger charge is 2.35. The van der Waals surface area contributed by atoms with Gasteiger partial charge in [0.1, 0.15) is 5.75 Å². The second kappa shape index (κ2) is 6.30. The zero-order chi connectivity index (χ0) is 16.4. The van der Waals surface area contributed by atoms with Gasteiger partial charge >= 0.3 is 0 Å². The molecule has 23 heavy (non-hydrogen) atoms. The number of nitrogens with one attached hydrogen (secondary N) is 1. The van der Waals surface area contributed by atoms with Crippen molar-refractivity contribution >= 4 is 34.8 Å². The molecule has 0 bridgehead atoms. The van der Waals surface area contributed by atoms with E-state index >= 15 is 0 Å². The summed E-state index contributed by atoms with van der Waals surface area (Å²) in [6.07, 6.45) is 0.141. The van der Waals surface area contributed by atoms with Crippen LogP contribution in [0.3, 0.4) is 0 Å². The van der Waals surface area contributed by atoms with Crippen LogP contribution in [0.5, 0.6) is 5.75 Å². The smallest absolute Gasteiger partial charge is 0.229 e. The Bertz CT molecular complexity index is 749. The van der Waals surface area contributed by atoms with Gasteiger partial charge in [-0.25, -0.2) is 0 Å². The Labute approximate surface area is 138 Å². The number of aromatic hydroxyl groups is 1. The maximum absolute atomic E-state index is 12.4. The van der Waals surface area contributed by atoms with E-state index in [9.17, 15) is 14.7 Å². The zero-order valence-corrected chi connectivity index (χ0v) is 13.0. The van der Waals surface area contributed by atoms with Gasteiger partial charge in [-0.15, -0.1) is 0 Å². The van der Waals surface area contributed by atoms with Gasteiger partial charge in [0.2, 0.25) is 11.8 Å². The van der Waals surface area contributed by atoms with Crippen LogP contribution in [0.2, 0.25) is 5.02 Å². The highest BCUT2D eigenvalue weighted by Crippen LogP contribution is 2.29. The summed E-state index contributed by atoms with van der Waals surface area (Å²) in [4.78, 5) is 26.1. The molecule has 2 aromatic carbocycles. The third kappa shape index (κ3) is 3.29. The molecule has 0 aliphatic carbocycles. The van der Waals surface area contributed by atoms with Crippen LogP contribution in [-0.4, -0.2) is 23.5 Å². The lowest BCUT2D eigenvalue weighted by molar-refractivity contribution is -0.122. The van der Waals surface area contributed by atoms with Crippen molar-refractivity contribution in [2.75, 3.05) is 16.8 Å². The standard InChI is InChI=1S/C17H15ClN2O3/c18-12-6-7-15(21)14(9-12)19-17(23)11-8-16(22)20(10-11)13-4-2-1-3-5-13/h1-7,9,11,21H,8,10H2,(H,19,23)/t11-/m0/s1. The van der Waals surface area contributed by atoms with E-state index in [0.717, 1.165) is 5.69 Å². The number of hydrogen-bond acceptors (Lipinski definition) is 3. The summed E-state index contributed by atoms with van der Waals surface area (Å²) >= 11 is 5.86. The lowest BCUT2D eigenvalue weighted by Gasteiger charge is -2.16. The molecule has 0 spiro atoms. The predicted molar refractivity (Wildman–Crippen MR) is 88.6 cm³/mol. The van der Waals surface area contributed by atoms with Gasteiger partial charge in [-0.2, -0.15) is 0 Å². The Morgan fingerprint density at radius 1 is 1.22 bits per heavy atom. The molecule has 3 rings (SSSR count). The molecule has 1 fully saturated rings. The Hall–Kier alpha value is -2.53. The normalized spacial score (nSPS) is 17.3.